The van der Waals surface area contributed by atoms with Crippen LogP contribution >= 0.6 is 0 Å². The van der Waals surface area contributed by atoms with Gasteiger partial charge in [-0.1, -0.05) is 0 Å². The molecule has 0 fully saturated rings. The Bertz CT molecular complexity index is 475. The summed E-state index contributed by atoms with van der Waals surface area (Å²) < 4.78 is 0. The minimum Gasteiger partial charge on any atom is -0.397 e. The van der Waals surface area contributed by atoms with E-state index in [4.69, 9.17) is 12.2 Å². The molecule has 0 bridgehead atoms. The van der Waals surface area contributed by atoms with Gasteiger partial charge in [-0.15, -0.1) is 12.3 Å². The number of rotatable bonds is 6. The summed E-state index contributed by atoms with van der Waals surface area (Å²) in [6.45, 7) is 0.635. The topological polar surface area (TPSA) is 58.4 Å². The number of unbranched alkanes of at least 4 members (excludes halogenated alkanes) is 2. The standard InChI is InChI=1S/C15H21N3O/c1-4-5-6-7-10-17-15(19)12-8-9-14(18(2)3)13(16)11-12/h1,8-9,11H,5-7,10,16H2,2-3H3,(H,17,19). The number of nitrogen functional groups attached to an aromatic ring is 1. The lowest BCUT2D eigenvalue weighted by molar-refractivity contribution is 0.0953. The zero-order valence-corrected chi connectivity index (χ0v) is 11.6. The Kier molecular flexibility index (Phi) is 5.74. The first-order valence-corrected chi connectivity index (χ1v) is 6.34. The van der Waals surface area contributed by atoms with Crippen molar-refractivity contribution in [2.45, 2.75) is 19.3 Å². The first-order chi connectivity index (χ1) is 9.06. The van der Waals surface area contributed by atoms with Crippen molar-refractivity contribution in [3.63, 3.8) is 0 Å². The lowest BCUT2D eigenvalue weighted by Gasteiger charge is -2.15. The van der Waals surface area contributed by atoms with Crippen molar-refractivity contribution in [1.29, 1.82) is 0 Å². The maximum Gasteiger partial charge on any atom is 0.251 e. The van der Waals surface area contributed by atoms with Gasteiger partial charge in [0.2, 0.25) is 0 Å². The molecule has 1 aromatic carbocycles. The van der Waals surface area contributed by atoms with Crippen molar-refractivity contribution in [2.75, 3.05) is 31.3 Å². The number of amides is 1. The number of nitrogens with one attached hydrogen (secondary N) is 1. The predicted molar refractivity (Wildman–Crippen MR) is 80.2 cm³/mol. The van der Waals surface area contributed by atoms with E-state index in [9.17, 15) is 4.79 Å². The Hall–Kier alpha value is -2.15. The summed E-state index contributed by atoms with van der Waals surface area (Å²) in [6.07, 6.45) is 7.73. The van der Waals surface area contributed by atoms with Gasteiger partial charge in [-0.3, -0.25) is 4.79 Å². The van der Waals surface area contributed by atoms with E-state index in [1.807, 2.05) is 25.1 Å². The number of terminal acetylenes is 1. The maximum absolute atomic E-state index is 11.9. The number of anilines is 2. The van der Waals surface area contributed by atoms with Crippen molar-refractivity contribution >= 4 is 17.3 Å². The maximum atomic E-state index is 11.9. The summed E-state index contributed by atoms with van der Waals surface area (Å²) in [5.41, 5.74) is 8.00. The molecule has 0 radical (unpaired) electrons. The molecule has 0 atom stereocenters. The molecular weight excluding hydrogens is 238 g/mol. The van der Waals surface area contributed by atoms with Gasteiger partial charge in [0, 0.05) is 32.6 Å². The van der Waals surface area contributed by atoms with Crippen molar-refractivity contribution in [3.05, 3.63) is 23.8 Å². The van der Waals surface area contributed by atoms with Gasteiger partial charge in [-0.2, -0.15) is 0 Å². The highest BCUT2D eigenvalue weighted by atomic mass is 16.1. The van der Waals surface area contributed by atoms with Crippen molar-refractivity contribution < 1.29 is 4.79 Å². The van der Waals surface area contributed by atoms with E-state index in [2.05, 4.69) is 11.2 Å². The van der Waals surface area contributed by atoms with E-state index in [0.29, 0.717) is 17.8 Å². The Morgan fingerprint density at radius 2 is 2.16 bits per heavy atom. The van der Waals surface area contributed by atoms with Gasteiger partial charge in [-0.05, 0) is 31.0 Å². The summed E-state index contributed by atoms with van der Waals surface area (Å²) in [6, 6.07) is 5.33. The number of carbonyl (C=O) groups is 1. The van der Waals surface area contributed by atoms with Gasteiger partial charge in [0.25, 0.3) is 5.91 Å². The van der Waals surface area contributed by atoms with Crippen molar-refractivity contribution in [2.24, 2.45) is 0 Å². The fourth-order valence-corrected chi connectivity index (χ4v) is 1.76. The largest absolute Gasteiger partial charge is 0.397 e. The lowest BCUT2D eigenvalue weighted by atomic mass is 10.1. The number of benzene rings is 1. The van der Waals surface area contributed by atoms with E-state index < -0.39 is 0 Å². The molecule has 4 nitrogen and oxygen atoms in total. The molecule has 0 aliphatic rings. The molecule has 0 unspecified atom stereocenters. The van der Waals surface area contributed by atoms with Crippen LogP contribution in [-0.4, -0.2) is 26.5 Å². The van der Waals surface area contributed by atoms with Crippen LogP contribution in [0.25, 0.3) is 0 Å². The molecule has 19 heavy (non-hydrogen) atoms. The third-order valence-corrected chi connectivity index (χ3v) is 2.80. The Morgan fingerprint density at radius 1 is 1.42 bits per heavy atom. The average Bonchev–Trinajstić information content (AvgIpc) is 2.37. The molecule has 3 N–H and O–H groups in total. The quantitative estimate of drug-likeness (QED) is 0.466. The number of hydrogen-bond donors (Lipinski definition) is 2. The molecule has 1 amide bonds. The predicted octanol–water partition coefficient (Wildman–Crippen LogP) is 1.87. The second kappa shape index (κ2) is 7.32. The van der Waals surface area contributed by atoms with Gasteiger partial charge in [0.15, 0.2) is 0 Å². The minimum absolute atomic E-state index is 0.0993. The summed E-state index contributed by atoms with van der Waals surface area (Å²) in [7, 11) is 3.83. The fraction of sp³-hybridized carbons (Fsp3) is 0.400. The normalized spacial score (nSPS) is 9.74. The summed E-state index contributed by atoms with van der Waals surface area (Å²) in [5.74, 6) is 2.48. The summed E-state index contributed by atoms with van der Waals surface area (Å²) in [5, 5.41) is 2.86. The molecule has 1 rings (SSSR count). The van der Waals surface area contributed by atoms with Crippen LogP contribution in [0.4, 0.5) is 11.4 Å². The van der Waals surface area contributed by atoms with Gasteiger partial charge in [0.1, 0.15) is 0 Å². The second-order valence-electron chi connectivity index (χ2n) is 4.59. The number of nitrogens with two attached hydrogens (primary N) is 1. The zero-order chi connectivity index (χ0) is 14.3. The Balaban J connectivity index is 2.54. The fourth-order valence-electron chi connectivity index (χ4n) is 1.76. The van der Waals surface area contributed by atoms with E-state index in [1.54, 1.807) is 12.1 Å². The SMILES string of the molecule is C#CCCCCNC(=O)c1ccc(N(C)C)c(N)c1. The van der Waals surface area contributed by atoms with E-state index in [0.717, 1.165) is 24.9 Å². The zero-order valence-electron chi connectivity index (χ0n) is 11.6. The van der Waals surface area contributed by atoms with Crippen LogP contribution in [0, 0.1) is 12.3 Å². The molecule has 0 aromatic heterocycles. The third kappa shape index (κ3) is 4.55. The average molecular weight is 259 g/mol. The van der Waals surface area contributed by atoms with Crippen LogP contribution in [0.1, 0.15) is 29.6 Å². The van der Waals surface area contributed by atoms with Crippen LogP contribution in [0.5, 0.6) is 0 Å². The minimum atomic E-state index is -0.0993. The Morgan fingerprint density at radius 3 is 2.74 bits per heavy atom. The first kappa shape index (κ1) is 14.9. The smallest absolute Gasteiger partial charge is 0.251 e. The van der Waals surface area contributed by atoms with Crippen molar-refractivity contribution in [3.8, 4) is 12.3 Å². The van der Waals surface area contributed by atoms with Gasteiger partial charge < -0.3 is 16.0 Å². The molecule has 0 saturated carbocycles. The molecule has 0 aliphatic carbocycles. The molecule has 102 valence electrons. The van der Waals surface area contributed by atoms with E-state index >= 15 is 0 Å². The van der Waals surface area contributed by atoms with Gasteiger partial charge in [-0.25, -0.2) is 0 Å². The number of carbonyl (C=O) groups excluding carboxylic acids is 1. The van der Waals surface area contributed by atoms with Crippen LogP contribution < -0.4 is 16.0 Å². The number of nitrogens with zero attached hydrogens (tertiary/aromatic N) is 1. The summed E-state index contributed by atoms with van der Waals surface area (Å²) >= 11 is 0. The van der Waals surface area contributed by atoms with E-state index in [-0.39, 0.29) is 5.91 Å². The number of hydrogen-bond acceptors (Lipinski definition) is 3. The highest BCUT2D eigenvalue weighted by Gasteiger charge is 2.08. The molecular formula is C15H21N3O. The van der Waals surface area contributed by atoms with Crippen LogP contribution in [0.2, 0.25) is 0 Å². The van der Waals surface area contributed by atoms with Crippen LogP contribution in [0.15, 0.2) is 18.2 Å². The highest BCUT2D eigenvalue weighted by molar-refractivity contribution is 5.96. The molecule has 1 aromatic rings. The first-order valence-electron chi connectivity index (χ1n) is 6.34. The highest BCUT2D eigenvalue weighted by Crippen LogP contribution is 2.22. The van der Waals surface area contributed by atoms with Gasteiger partial charge in [0.05, 0.1) is 11.4 Å². The van der Waals surface area contributed by atoms with Crippen LogP contribution in [0.3, 0.4) is 0 Å². The third-order valence-electron chi connectivity index (χ3n) is 2.80. The lowest BCUT2D eigenvalue weighted by Crippen LogP contribution is -2.24. The molecule has 0 spiro atoms. The summed E-state index contributed by atoms with van der Waals surface area (Å²) in [4.78, 5) is 13.8. The molecule has 0 saturated heterocycles. The van der Waals surface area contributed by atoms with Crippen LogP contribution in [-0.2, 0) is 0 Å². The molecule has 0 heterocycles. The monoisotopic (exact) mass is 259 g/mol. The van der Waals surface area contributed by atoms with E-state index in [1.165, 1.54) is 0 Å². The Labute approximate surface area is 115 Å². The van der Waals surface area contributed by atoms with Crippen molar-refractivity contribution in [1.82, 2.24) is 5.32 Å². The molecule has 0 aliphatic heterocycles. The molecule has 4 heteroatoms. The second-order valence-corrected chi connectivity index (χ2v) is 4.59. The van der Waals surface area contributed by atoms with Gasteiger partial charge >= 0.3 is 0 Å².